The lowest BCUT2D eigenvalue weighted by Gasteiger charge is -2.02. The van der Waals surface area contributed by atoms with E-state index in [0.29, 0.717) is 16.5 Å². The highest BCUT2D eigenvalue weighted by atomic mass is 19.1. The molecule has 0 amide bonds. The van der Waals surface area contributed by atoms with Crippen LogP contribution in [0.15, 0.2) is 42.6 Å². The quantitative estimate of drug-likeness (QED) is 0.555. The van der Waals surface area contributed by atoms with E-state index >= 15 is 0 Å². The van der Waals surface area contributed by atoms with Crippen LogP contribution in [0, 0.1) is 11.6 Å². The largest absolute Gasteiger partial charge is 0.396 e. The van der Waals surface area contributed by atoms with Crippen molar-refractivity contribution in [1.29, 1.82) is 0 Å². The van der Waals surface area contributed by atoms with E-state index in [9.17, 15) is 13.6 Å². The number of halogens is 2. The maximum Gasteiger partial charge on any atom is 0.195 e. The first-order valence-electron chi connectivity index (χ1n) is 5.92. The summed E-state index contributed by atoms with van der Waals surface area (Å²) < 4.78 is 26.4. The van der Waals surface area contributed by atoms with E-state index in [1.807, 2.05) is 0 Å². The Bertz CT molecular complexity index is 824. The lowest BCUT2D eigenvalue weighted by atomic mass is 10.0. The van der Waals surface area contributed by atoms with Crippen molar-refractivity contribution < 1.29 is 13.6 Å². The Labute approximate surface area is 113 Å². The number of carbonyl (C=O) groups excluding carboxylic acids is 1. The maximum atomic E-state index is 13.3. The van der Waals surface area contributed by atoms with Gasteiger partial charge in [0.25, 0.3) is 0 Å². The van der Waals surface area contributed by atoms with Gasteiger partial charge in [0.15, 0.2) is 5.78 Å². The fourth-order valence-corrected chi connectivity index (χ4v) is 2.12. The molecule has 0 radical (unpaired) electrons. The van der Waals surface area contributed by atoms with Crippen molar-refractivity contribution in [3.05, 3.63) is 65.4 Å². The summed E-state index contributed by atoms with van der Waals surface area (Å²) in [5, 5.41) is 0.484. The highest BCUT2D eigenvalue weighted by Crippen LogP contribution is 2.23. The number of hydrogen-bond acceptors (Lipinski definition) is 2. The molecule has 0 aliphatic heterocycles. The number of aromatic amines is 1. The third kappa shape index (κ3) is 1.93. The molecule has 3 nitrogen and oxygen atoms in total. The van der Waals surface area contributed by atoms with Gasteiger partial charge in [0.1, 0.15) is 11.6 Å². The fraction of sp³-hybridized carbons (Fsp3) is 0. The maximum absolute atomic E-state index is 13.3. The third-order valence-corrected chi connectivity index (χ3v) is 3.15. The van der Waals surface area contributed by atoms with E-state index < -0.39 is 11.6 Å². The number of anilines is 1. The van der Waals surface area contributed by atoms with E-state index in [4.69, 9.17) is 5.73 Å². The van der Waals surface area contributed by atoms with Gasteiger partial charge in [0.2, 0.25) is 0 Å². The van der Waals surface area contributed by atoms with E-state index in [1.165, 1.54) is 30.5 Å². The molecular weight excluding hydrogens is 262 g/mol. The zero-order valence-electron chi connectivity index (χ0n) is 10.3. The summed E-state index contributed by atoms with van der Waals surface area (Å²) in [5.41, 5.74) is 6.60. The number of aromatic nitrogens is 1. The average molecular weight is 272 g/mol. The number of nitrogens with one attached hydrogen (secondary N) is 1. The summed E-state index contributed by atoms with van der Waals surface area (Å²) >= 11 is 0. The number of hydrogen-bond donors (Lipinski definition) is 2. The number of nitrogen functional groups attached to an aromatic ring is 1. The molecule has 1 heterocycles. The molecular formula is C15H10F2N2O. The zero-order valence-corrected chi connectivity index (χ0v) is 10.3. The van der Waals surface area contributed by atoms with Gasteiger partial charge in [-0.05, 0) is 36.4 Å². The SMILES string of the molecule is Nc1cc(C(=O)c2c[nH]c3ccc(F)cc23)ccc1F. The second kappa shape index (κ2) is 4.45. The van der Waals surface area contributed by atoms with Gasteiger partial charge in [-0.3, -0.25) is 4.79 Å². The molecule has 0 atom stereocenters. The number of rotatable bonds is 2. The number of carbonyl (C=O) groups is 1. The molecule has 0 bridgehead atoms. The predicted octanol–water partition coefficient (Wildman–Crippen LogP) is 3.26. The van der Waals surface area contributed by atoms with Gasteiger partial charge >= 0.3 is 0 Å². The van der Waals surface area contributed by atoms with Crippen molar-refractivity contribution in [3.63, 3.8) is 0 Å². The summed E-state index contributed by atoms with van der Waals surface area (Å²) in [6.45, 7) is 0. The van der Waals surface area contributed by atoms with E-state index in [1.54, 1.807) is 6.07 Å². The van der Waals surface area contributed by atoms with Crippen LogP contribution >= 0.6 is 0 Å². The normalized spacial score (nSPS) is 10.9. The topological polar surface area (TPSA) is 58.9 Å². The minimum atomic E-state index is -0.577. The molecule has 0 saturated heterocycles. The van der Waals surface area contributed by atoms with Crippen LogP contribution in [0.3, 0.4) is 0 Å². The molecule has 2 aromatic carbocycles. The Kier molecular flexibility index (Phi) is 2.75. The minimum Gasteiger partial charge on any atom is -0.396 e. The average Bonchev–Trinajstić information content (AvgIpc) is 2.84. The number of nitrogens with two attached hydrogens (primary N) is 1. The van der Waals surface area contributed by atoms with Crippen molar-refractivity contribution in [2.24, 2.45) is 0 Å². The van der Waals surface area contributed by atoms with Gasteiger partial charge in [-0.15, -0.1) is 0 Å². The van der Waals surface area contributed by atoms with Crippen LogP contribution in [-0.4, -0.2) is 10.8 Å². The summed E-state index contributed by atoms with van der Waals surface area (Å²) in [7, 11) is 0. The molecule has 0 fully saturated rings. The molecule has 3 rings (SSSR count). The second-order valence-electron chi connectivity index (χ2n) is 4.46. The molecule has 0 spiro atoms. The first-order chi connectivity index (χ1) is 9.56. The number of fused-ring (bicyclic) bond motifs is 1. The molecule has 100 valence electrons. The van der Waals surface area contributed by atoms with E-state index in [2.05, 4.69) is 4.98 Å². The lowest BCUT2D eigenvalue weighted by molar-refractivity contribution is 0.104. The van der Waals surface area contributed by atoms with Crippen molar-refractivity contribution in [2.75, 3.05) is 5.73 Å². The van der Waals surface area contributed by atoms with Crippen molar-refractivity contribution in [3.8, 4) is 0 Å². The lowest BCUT2D eigenvalue weighted by Crippen LogP contribution is -2.02. The minimum absolute atomic E-state index is 0.0955. The van der Waals surface area contributed by atoms with Gasteiger partial charge in [0.05, 0.1) is 5.69 Å². The molecule has 0 aliphatic rings. The Hall–Kier alpha value is -2.69. The second-order valence-corrected chi connectivity index (χ2v) is 4.46. The van der Waals surface area contributed by atoms with Gasteiger partial charge in [-0.2, -0.15) is 0 Å². The molecule has 3 aromatic rings. The predicted molar refractivity (Wildman–Crippen MR) is 72.5 cm³/mol. The highest BCUT2D eigenvalue weighted by Gasteiger charge is 2.15. The fourth-order valence-electron chi connectivity index (χ4n) is 2.12. The van der Waals surface area contributed by atoms with Crippen LogP contribution in [0.4, 0.5) is 14.5 Å². The van der Waals surface area contributed by atoms with Crippen molar-refractivity contribution in [2.45, 2.75) is 0 Å². The summed E-state index contributed by atoms with van der Waals surface area (Å²) in [6, 6.07) is 7.91. The first-order valence-corrected chi connectivity index (χ1v) is 5.92. The number of ketones is 1. The molecule has 0 aliphatic carbocycles. The van der Waals surface area contributed by atoms with E-state index in [0.717, 1.165) is 6.07 Å². The number of H-pyrrole nitrogens is 1. The number of benzene rings is 2. The smallest absolute Gasteiger partial charge is 0.195 e. The first kappa shape index (κ1) is 12.3. The summed E-state index contributed by atoms with van der Waals surface area (Å²) in [5.74, 6) is -1.34. The summed E-state index contributed by atoms with van der Waals surface area (Å²) in [4.78, 5) is 15.3. The van der Waals surface area contributed by atoms with Crippen LogP contribution in [-0.2, 0) is 0 Å². The van der Waals surface area contributed by atoms with Crippen LogP contribution in [0.2, 0.25) is 0 Å². The highest BCUT2D eigenvalue weighted by molar-refractivity contribution is 6.16. The van der Waals surface area contributed by atoms with Crippen LogP contribution in [0.1, 0.15) is 15.9 Å². The monoisotopic (exact) mass is 272 g/mol. The molecule has 20 heavy (non-hydrogen) atoms. The van der Waals surface area contributed by atoms with Crippen LogP contribution < -0.4 is 5.73 Å². The van der Waals surface area contributed by atoms with Crippen LogP contribution in [0.5, 0.6) is 0 Å². The van der Waals surface area contributed by atoms with Crippen molar-refractivity contribution >= 4 is 22.4 Å². The van der Waals surface area contributed by atoms with Gasteiger partial charge < -0.3 is 10.7 Å². The third-order valence-electron chi connectivity index (χ3n) is 3.15. The standard InChI is InChI=1S/C15H10F2N2O/c16-9-2-4-14-10(6-9)11(7-19-14)15(20)8-1-3-12(17)13(18)5-8/h1-7,19H,18H2. The molecule has 3 N–H and O–H groups in total. The van der Waals surface area contributed by atoms with Gasteiger partial charge in [-0.25, -0.2) is 8.78 Å². The molecule has 5 heteroatoms. The summed E-state index contributed by atoms with van der Waals surface area (Å²) in [6.07, 6.45) is 1.51. The Morgan fingerprint density at radius 3 is 2.65 bits per heavy atom. The Balaban J connectivity index is 2.12. The van der Waals surface area contributed by atoms with Crippen molar-refractivity contribution in [1.82, 2.24) is 4.98 Å². The molecule has 0 saturated carbocycles. The Morgan fingerprint density at radius 1 is 1.10 bits per heavy atom. The van der Waals surface area contributed by atoms with Gasteiger partial charge in [-0.1, -0.05) is 0 Å². The zero-order chi connectivity index (χ0) is 14.3. The van der Waals surface area contributed by atoms with Crippen LogP contribution in [0.25, 0.3) is 10.9 Å². The Morgan fingerprint density at radius 2 is 1.90 bits per heavy atom. The van der Waals surface area contributed by atoms with E-state index in [-0.39, 0.29) is 17.0 Å². The molecule has 0 unspecified atom stereocenters. The molecule has 1 aromatic heterocycles. The van der Waals surface area contributed by atoms with Gasteiger partial charge in [0, 0.05) is 28.2 Å².